The van der Waals surface area contributed by atoms with Crippen LogP contribution in [0.3, 0.4) is 0 Å². The molecule has 81 valence electrons. The van der Waals surface area contributed by atoms with Crippen LogP contribution in [0, 0.1) is 10.1 Å². The van der Waals surface area contributed by atoms with E-state index in [1.54, 1.807) is 0 Å². The van der Waals surface area contributed by atoms with Gasteiger partial charge in [0, 0.05) is 6.07 Å². The van der Waals surface area contributed by atoms with Crippen molar-refractivity contribution in [3.8, 4) is 0 Å². The molecule has 0 saturated heterocycles. The highest BCUT2D eigenvalue weighted by Gasteiger charge is 2.38. The van der Waals surface area contributed by atoms with Crippen molar-refractivity contribution in [2.45, 2.75) is 4.90 Å². The molecule has 1 unspecified atom stereocenters. The van der Waals surface area contributed by atoms with Crippen LogP contribution in [0.2, 0.25) is 0 Å². The average Bonchev–Trinajstić information content (AvgIpc) is 2.17. The van der Waals surface area contributed by atoms with Crippen molar-refractivity contribution in [2.24, 2.45) is 0 Å². The van der Waals surface area contributed by atoms with Crippen molar-refractivity contribution in [3.05, 3.63) is 28.3 Å². The van der Waals surface area contributed by atoms with E-state index in [1.807, 2.05) is 0 Å². The first-order chi connectivity index (χ1) is 6.88. The van der Waals surface area contributed by atoms with Gasteiger partial charge in [0.05, 0.1) is 19.8 Å². The van der Waals surface area contributed by atoms with Gasteiger partial charge in [0.15, 0.2) is 0 Å². The predicted molar refractivity (Wildman–Crippen MR) is 48.5 cm³/mol. The van der Waals surface area contributed by atoms with Crippen LogP contribution < -0.4 is 11.6 Å². The van der Waals surface area contributed by atoms with Gasteiger partial charge in [-0.15, -0.1) is 0 Å². The summed E-state index contributed by atoms with van der Waals surface area (Å²) in [4.78, 5) is 9.32. The molecule has 5 N–H and O–H groups in total. The fraction of sp³-hybridized carbons (Fsp3) is 0. The highest BCUT2D eigenvalue weighted by molar-refractivity contribution is 7.92. The van der Waals surface area contributed by atoms with Gasteiger partial charge < -0.3 is 5.73 Å². The van der Waals surface area contributed by atoms with E-state index in [0.29, 0.717) is 0 Å². The minimum atomic E-state index is -4.04. The maximum Gasteiger partial charge on any atom is 0.482 e. The number of nitro groups is 1. The van der Waals surface area contributed by atoms with Crippen molar-refractivity contribution in [1.82, 2.24) is 0 Å². The molecule has 0 heterocycles. The number of nitrogens with zero attached hydrogens (tertiary/aromatic N) is 1. The van der Waals surface area contributed by atoms with Gasteiger partial charge in [-0.25, -0.2) is 0 Å². The molecule has 0 spiro atoms. The molecule has 1 aromatic carbocycles. The van der Waals surface area contributed by atoms with Gasteiger partial charge >= 0.3 is 10.5 Å². The first kappa shape index (κ1) is 11.5. The summed E-state index contributed by atoms with van der Waals surface area (Å²) in [5.41, 5.74) is 4.67. The van der Waals surface area contributed by atoms with E-state index in [0.717, 1.165) is 18.2 Å². The number of nitrogens with two attached hydrogens (primary N) is 1. The second-order valence-corrected chi connectivity index (χ2v) is 4.17. The Hall–Kier alpha value is -1.55. The Labute approximate surface area is 85.4 Å². The van der Waals surface area contributed by atoms with E-state index < -0.39 is 21.1 Å². The quantitative estimate of drug-likeness (QED) is 0.312. The van der Waals surface area contributed by atoms with Crippen molar-refractivity contribution in [3.63, 3.8) is 0 Å². The van der Waals surface area contributed by atoms with E-state index in [4.69, 9.17) is 5.73 Å². The summed E-state index contributed by atoms with van der Waals surface area (Å²) in [6.45, 7) is 0. The number of rotatable bonds is 3. The van der Waals surface area contributed by atoms with Gasteiger partial charge in [0.2, 0.25) is 4.90 Å². The summed E-state index contributed by atoms with van der Waals surface area (Å²) in [7, 11) is -4.04. The lowest BCUT2D eigenvalue weighted by Crippen LogP contribution is -2.52. The van der Waals surface area contributed by atoms with Gasteiger partial charge in [0.25, 0.3) is 5.69 Å². The Kier molecular flexibility index (Phi) is 3.00. The number of hydrogen-bond donors (Lipinski definition) is 2. The molecule has 15 heavy (non-hydrogen) atoms. The molecule has 0 amide bonds. The first-order valence-electron chi connectivity index (χ1n) is 3.61. The van der Waals surface area contributed by atoms with Gasteiger partial charge in [-0.3, -0.25) is 10.1 Å². The van der Waals surface area contributed by atoms with Crippen molar-refractivity contribution in [1.29, 1.82) is 0 Å². The Morgan fingerprint density at radius 2 is 2.13 bits per heavy atom. The molecule has 1 atom stereocenters. The van der Waals surface area contributed by atoms with Crippen LogP contribution in [0.25, 0.3) is 0 Å². The maximum absolute atomic E-state index is 11.1. The standard InChI is InChI=1S/C6H8N3O5S/c7-5-2-1-4(15(12,13)14-8)3-6(5)9(10)11/h1-3H,7H2,8H3/q+2. The van der Waals surface area contributed by atoms with Crippen LogP contribution in [-0.2, 0) is 23.5 Å². The number of quaternary nitrogens is 1. The Bertz CT molecular complexity index is 448. The van der Waals surface area contributed by atoms with Crippen LogP contribution in [0.1, 0.15) is 0 Å². The van der Waals surface area contributed by atoms with Crippen LogP contribution >= 0.6 is 0 Å². The minimum Gasteiger partial charge on any atom is -0.393 e. The summed E-state index contributed by atoms with van der Waals surface area (Å²) in [6, 6.07) is 3.03. The van der Waals surface area contributed by atoms with Gasteiger partial charge in [-0.1, -0.05) is 0 Å². The predicted octanol–water partition coefficient (Wildman–Crippen LogP) is -0.531. The Morgan fingerprint density at radius 1 is 1.53 bits per heavy atom. The highest BCUT2D eigenvalue weighted by Crippen LogP contribution is 2.27. The zero-order chi connectivity index (χ0) is 11.6. The molecule has 0 aliphatic carbocycles. The van der Waals surface area contributed by atoms with Gasteiger partial charge in [-0.2, -0.15) is 5.90 Å². The molecule has 8 nitrogen and oxygen atoms in total. The third-order valence-corrected chi connectivity index (χ3v) is 2.78. The van der Waals surface area contributed by atoms with E-state index in [-0.39, 0.29) is 10.6 Å². The van der Waals surface area contributed by atoms with Crippen molar-refractivity contribution in [2.75, 3.05) is 5.73 Å². The molecule has 9 heteroatoms. The molecule has 0 aliphatic heterocycles. The minimum absolute atomic E-state index is 0.122. The first-order valence-corrected chi connectivity index (χ1v) is 5.02. The number of nitro benzene ring substituents is 1. The molecule has 0 saturated carbocycles. The third-order valence-electron chi connectivity index (χ3n) is 1.64. The molecular formula is C6H8N3O5S+2. The van der Waals surface area contributed by atoms with E-state index in [2.05, 4.69) is 10.2 Å². The van der Waals surface area contributed by atoms with E-state index in [1.165, 1.54) is 0 Å². The molecule has 1 rings (SSSR count). The topological polar surface area (TPSA) is 143 Å². The number of anilines is 1. The summed E-state index contributed by atoms with van der Waals surface area (Å²) in [5, 5.41) is 10.5. The second kappa shape index (κ2) is 3.90. The molecule has 1 aromatic rings. The van der Waals surface area contributed by atoms with Gasteiger partial charge in [-0.05, 0) is 10.3 Å². The molecule has 0 aromatic heterocycles. The SMILES string of the molecule is Nc1ccc([S+]([O])(=O)O[NH3+])cc1[N+](=O)[O-]. The maximum atomic E-state index is 11.1. The number of nitrogen functional groups attached to an aromatic ring is 1. The molecule has 1 radical (unpaired) electrons. The van der Waals surface area contributed by atoms with Crippen molar-refractivity contribution < 1.29 is 23.9 Å². The van der Waals surface area contributed by atoms with Crippen LogP contribution in [0.15, 0.2) is 23.1 Å². The zero-order valence-electron chi connectivity index (χ0n) is 7.41. The second-order valence-electron chi connectivity index (χ2n) is 2.55. The molecular weight excluding hydrogens is 226 g/mol. The summed E-state index contributed by atoms with van der Waals surface area (Å²) in [6.07, 6.45) is 0. The Balaban J connectivity index is 3.31. The van der Waals surface area contributed by atoms with E-state index >= 15 is 0 Å². The lowest BCUT2D eigenvalue weighted by molar-refractivity contribution is -0.637. The fourth-order valence-corrected chi connectivity index (χ4v) is 1.53. The highest BCUT2D eigenvalue weighted by atomic mass is 32.3. The van der Waals surface area contributed by atoms with Crippen LogP contribution in [-0.4, -0.2) is 4.92 Å². The molecule has 0 bridgehead atoms. The normalized spacial score (nSPS) is 14.5. The smallest absolute Gasteiger partial charge is 0.393 e. The van der Waals surface area contributed by atoms with Crippen molar-refractivity contribution >= 4 is 21.9 Å². The largest absolute Gasteiger partial charge is 0.482 e. The molecule has 0 fully saturated rings. The summed E-state index contributed by atoms with van der Waals surface area (Å²) >= 11 is 0. The third kappa shape index (κ3) is 2.27. The lowest BCUT2D eigenvalue weighted by Gasteiger charge is -1.97. The Morgan fingerprint density at radius 3 is 2.60 bits per heavy atom. The fourth-order valence-electron chi connectivity index (χ4n) is 0.905. The zero-order valence-corrected chi connectivity index (χ0v) is 8.23. The molecule has 0 aliphatic rings. The number of benzene rings is 1. The lowest BCUT2D eigenvalue weighted by atomic mass is 10.3. The summed E-state index contributed by atoms with van der Waals surface area (Å²) < 4.78 is 26.2. The summed E-state index contributed by atoms with van der Waals surface area (Å²) in [5.74, 6) is 2.74. The van der Waals surface area contributed by atoms with Gasteiger partial charge in [0.1, 0.15) is 5.69 Å². The van der Waals surface area contributed by atoms with Crippen LogP contribution in [0.4, 0.5) is 11.4 Å². The number of hydrogen-bond acceptors (Lipinski definition) is 5. The monoisotopic (exact) mass is 234 g/mol. The average molecular weight is 234 g/mol. The van der Waals surface area contributed by atoms with E-state index in [9.17, 15) is 18.9 Å². The van der Waals surface area contributed by atoms with Crippen LogP contribution in [0.5, 0.6) is 0 Å².